The molecule has 54 valence electrons. The molecule has 0 aliphatic carbocycles. The topological polar surface area (TPSA) is 27.6 Å². The lowest BCUT2D eigenvalue weighted by molar-refractivity contribution is 0.422. The van der Waals surface area contributed by atoms with E-state index in [-0.39, 0.29) is 0 Å². The molecule has 0 atom stereocenters. The van der Waals surface area contributed by atoms with Crippen LogP contribution in [0.5, 0.6) is 0 Å². The van der Waals surface area contributed by atoms with Crippen molar-refractivity contribution in [2.24, 2.45) is 4.99 Å². The van der Waals surface area contributed by atoms with Gasteiger partial charge in [-0.1, -0.05) is 0 Å². The molecule has 3 heteroatoms. The standard InChI is InChI=1S/C7H11N3/c1-10-3-6-2-8-5-9-7(6)4-10/h2,9H,3-5H2,1H3. The fourth-order valence-electron chi connectivity index (χ4n) is 1.40. The first-order valence-electron chi connectivity index (χ1n) is 3.50. The van der Waals surface area contributed by atoms with Crippen molar-refractivity contribution in [3.05, 3.63) is 11.3 Å². The van der Waals surface area contributed by atoms with Gasteiger partial charge in [0, 0.05) is 30.6 Å². The summed E-state index contributed by atoms with van der Waals surface area (Å²) in [7, 11) is 2.12. The second kappa shape index (κ2) is 2.09. The Morgan fingerprint density at radius 1 is 1.60 bits per heavy atom. The van der Waals surface area contributed by atoms with Crippen LogP contribution in [0, 0.1) is 0 Å². The van der Waals surface area contributed by atoms with E-state index in [4.69, 9.17) is 0 Å². The molecule has 0 radical (unpaired) electrons. The minimum absolute atomic E-state index is 0.757. The number of likely N-dealkylation sites (N-methyl/N-ethyl adjacent to an activating group) is 1. The van der Waals surface area contributed by atoms with Crippen LogP contribution in [0.25, 0.3) is 0 Å². The number of aliphatic imine (C=N–C) groups is 1. The molecule has 3 nitrogen and oxygen atoms in total. The lowest BCUT2D eigenvalue weighted by Gasteiger charge is -2.09. The summed E-state index contributed by atoms with van der Waals surface area (Å²) < 4.78 is 0. The predicted octanol–water partition coefficient (Wildman–Crippen LogP) is -0.183. The van der Waals surface area contributed by atoms with Crippen molar-refractivity contribution in [3.8, 4) is 0 Å². The SMILES string of the molecule is CN1CC2=C(C1)NCN=C2. The first-order chi connectivity index (χ1) is 4.86. The maximum atomic E-state index is 4.13. The smallest absolute Gasteiger partial charge is 0.107 e. The monoisotopic (exact) mass is 137 g/mol. The minimum atomic E-state index is 0.757. The Labute approximate surface area is 60.4 Å². The van der Waals surface area contributed by atoms with Gasteiger partial charge in [0.25, 0.3) is 0 Å². The molecule has 0 fully saturated rings. The van der Waals surface area contributed by atoms with E-state index in [0.29, 0.717) is 0 Å². The van der Waals surface area contributed by atoms with Crippen LogP contribution in [0.1, 0.15) is 0 Å². The van der Waals surface area contributed by atoms with Gasteiger partial charge in [-0.3, -0.25) is 9.89 Å². The van der Waals surface area contributed by atoms with Gasteiger partial charge >= 0.3 is 0 Å². The van der Waals surface area contributed by atoms with Crippen molar-refractivity contribution >= 4 is 6.21 Å². The average Bonchev–Trinajstić information content (AvgIpc) is 2.27. The highest BCUT2D eigenvalue weighted by Crippen LogP contribution is 2.13. The zero-order valence-corrected chi connectivity index (χ0v) is 6.09. The highest BCUT2D eigenvalue weighted by atomic mass is 15.2. The Hall–Kier alpha value is -0.830. The van der Waals surface area contributed by atoms with E-state index >= 15 is 0 Å². The molecule has 0 spiro atoms. The third-order valence-corrected chi connectivity index (χ3v) is 1.89. The van der Waals surface area contributed by atoms with Crippen LogP contribution in [0.4, 0.5) is 0 Å². The number of nitrogens with one attached hydrogen (secondary N) is 1. The molecule has 2 heterocycles. The summed E-state index contributed by atoms with van der Waals surface area (Å²) in [6.45, 7) is 2.86. The zero-order valence-electron chi connectivity index (χ0n) is 6.09. The van der Waals surface area contributed by atoms with Gasteiger partial charge in [0.1, 0.15) is 6.67 Å². The first-order valence-corrected chi connectivity index (χ1v) is 3.50. The third kappa shape index (κ3) is 0.827. The van der Waals surface area contributed by atoms with Crippen molar-refractivity contribution in [1.82, 2.24) is 10.2 Å². The molecular weight excluding hydrogens is 126 g/mol. The maximum Gasteiger partial charge on any atom is 0.107 e. The molecule has 0 bridgehead atoms. The van der Waals surface area contributed by atoms with E-state index in [0.717, 1.165) is 19.8 Å². The third-order valence-electron chi connectivity index (χ3n) is 1.89. The minimum Gasteiger partial charge on any atom is -0.368 e. The van der Waals surface area contributed by atoms with Gasteiger partial charge in [-0.05, 0) is 7.05 Å². The average molecular weight is 137 g/mol. The van der Waals surface area contributed by atoms with Gasteiger partial charge in [-0.15, -0.1) is 0 Å². The van der Waals surface area contributed by atoms with Gasteiger partial charge in [0.05, 0.1) is 0 Å². The van der Waals surface area contributed by atoms with Gasteiger partial charge in [0.15, 0.2) is 0 Å². The highest BCUT2D eigenvalue weighted by Gasteiger charge is 2.18. The summed E-state index contributed by atoms with van der Waals surface area (Å²) >= 11 is 0. The van der Waals surface area contributed by atoms with Gasteiger partial charge in [-0.25, -0.2) is 0 Å². The molecule has 2 aliphatic heterocycles. The van der Waals surface area contributed by atoms with Gasteiger partial charge < -0.3 is 5.32 Å². The van der Waals surface area contributed by atoms with E-state index < -0.39 is 0 Å². The summed E-state index contributed by atoms with van der Waals surface area (Å²) in [4.78, 5) is 6.41. The van der Waals surface area contributed by atoms with Crippen LogP contribution < -0.4 is 5.32 Å². The Balaban J connectivity index is 2.21. The van der Waals surface area contributed by atoms with Crippen LogP contribution in [-0.2, 0) is 0 Å². The van der Waals surface area contributed by atoms with Crippen molar-refractivity contribution in [2.75, 3.05) is 26.8 Å². The second-order valence-electron chi connectivity index (χ2n) is 2.82. The normalized spacial score (nSPS) is 24.9. The quantitative estimate of drug-likeness (QED) is 0.501. The lowest BCUT2D eigenvalue weighted by Crippen LogP contribution is -2.21. The number of hydrogen-bond donors (Lipinski definition) is 1. The molecule has 0 aromatic rings. The molecule has 0 amide bonds. The van der Waals surface area contributed by atoms with E-state index in [1.807, 2.05) is 6.21 Å². The Bertz CT molecular complexity index is 205. The summed E-state index contributed by atoms with van der Waals surface area (Å²) in [5.41, 5.74) is 2.71. The molecule has 10 heavy (non-hydrogen) atoms. The van der Waals surface area contributed by atoms with E-state index in [1.54, 1.807) is 0 Å². The van der Waals surface area contributed by atoms with Crippen LogP contribution in [-0.4, -0.2) is 37.9 Å². The van der Waals surface area contributed by atoms with E-state index in [9.17, 15) is 0 Å². The summed E-state index contributed by atoms with van der Waals surface area (Å²) in [5, 5.41) is 3.25. The highest BCUT2D eigenvalue weighted by molar-refractivity contribution is 5.81. The van der Waals surface area contributed by atoms with Crippen molar-refractivity contribution in [2.45, 2.75) is 0 Å². The Morgan fingerprint density at radius 3 is 3.30 bits per heavy atom. The van der Waals surface area contributed by atoms with Gasteiger partial charge in [-0.2, -0.15) is 0 Å². The molecule has 0 saturated carbocycles. The molecular formula is C7H11N3. The number of nitrogens with zero attached hydrogens (tertiary/aromatic N) is 2. The largest absolute Gasteiger partial charge is 0.368 e. The molecule has 2 aliphatic rings. The molecule has 0 aromatic heterocycles. The van der Waals surface area contributed by atoms with Crippen LogP contribution in [0.2, 0.25) is 0 Å². The Kier molecular flexibility index (Phi) is 1.24. The van der Waals surface area contributed by atoms with E-state index in [1.165, 1.54) is 11.3 Å². The summed E-state index contributed by atoms with van der Waals surface area (Å²) in [6.07, 6.45) is 1.98. The molecule has 0 unspecified atom stereocenters. The Morgan fingerprint density at radius 2 is 2.50 bits per heavy atom. The molecule has 2 rings (SSSR count). The first kappa shape index (κ1) is 5.92. The molecule has 1 N–H and O–H groups in total. The molecule has 0 aromatic carbocycles. The fraction of sp³-hybridized carbons (Fsp3) is 0.571. The van der Waals surface area contributed by atoms with Crippen LogP contribution in [0.15, 0.2) is 16.3 Å². The van der Waals surface area contributed by atoms with Crippen molar-refractivity contribution in [1.29, 1.82) is 0 Å². The zero-order chi connectivity index (χ0) is 6.97. The van der Waals surface area contributed by atoms with Crippen molar-refractivity contribution < 1.29 is 0 Å². The van der Waals surface area contributed by atoms with Crippen LogP contribution in [0.3, 0.4) is 0 Å². The second-order valence-corrected chi connectivity index (χ2v) is 2.82. The maximum absolute atomic E-state index is 4.13. The number of rotatable bonds is 0. The predicted molar refractivity (Wildman–Crippen MR) is 41.0 cm³/mol. The lowest BCUT2D eigenvalue weighted by atomic mass is 10.2. The fourth-order valence-corrected chi connectivity index (χ4v) is 1.40. The van der Waals surface area contributed by atoms with E-state index in [2.05, 4.69) is 22.3 Å². The van der Waals surface area contributed by atoms with Crippen molar-refractivity contribution in [3.63, 3.8) is 0 Å². The summed E-state index contributed by atoms with van der Waals surface area (Å²) in [5.74, 6) is 0. The molecule has 0 saturated heterocycles. The number of hydrogen-bond acceptors (Lipinski definition) is 3. The van der Waals surface area contributed by atoms with Crippen LogP contribution >= 0.6 is 0 Å². The van der Waals surface area contributed by atoms with Gasteiger partial charge in [0.2, 0.25) is 0 Å². The summed E-state index contributed by atoms with van der Waals surface area (Å²) in [6, 6.07) is 0.